The molecule has 1 fully saturated rings. The van der Waals surface area contributed by atoms with Crippen molar-refractivity contribution in [3.8, 4) is 0 Å². The van der Waals surface area contributed by atoms with E-state index in [1.807, 2.05) is 49.2 Å². The number of nitrogens with one attached hydrogen (secondary N) is 1. The Bertz CT molecular complexity index is 892. The summed E-state index contributed by atoms with van der Waals surface area (Å²) in [6.07, 6.45) is 8.60. The van der Waals surface area contributed by atoms with Crippen molar-refractivity contribution in [1.29, 1.82) is 0 Å². The molecule has 2 amide bonds. The van der Waals surface area contributed by atoms with Crippen LogP contribution in [0, 0.1) is 20.8 Å². The van der Waals surface area contributed by atoms with Gasteiger partial charge in [-0.3, -0.25) is 0 Å². The predicted molar refractivity (Wildman–Crippen MR) is 123 cm³/mol. The molecule has 2 aliphatic rings. The first kappa shape index (κ1) is 21.8. The number of benzene rings is 1. The average molecular weight is 408 g/mol. The average Bonchev–Trinajstić information content (AvgIpc) is 3.35. The molecule has 160 valence electrons. The van der Waals surface area contributed by atoms with Gasteiger partial charge in [0.15, 0.2) is 0 Å². The largest absolute Gasteiger partial charge is 0.344 e. The summed E-state index contributed by atoms with van der Waals surface area (Å²) in [7, 11) is 0. The van der Waals surface area contributed by atoms with Gasteiger partial charge in [-0.25, -0.2) is 14.8 Å². The van der Waals surface area contributed by atoms with Crippen molar-refractivity contribution in [2.75, 3.05) is 23.3 Å². The molecule has 0 aliphatic carbocycles. The lowest BCUT2D eigenvalue weighted by molar-refractivity contribution is 0.222. The first-order valence-electron chi connectivity index (χ1n) is 10.7. The van der Waals surface area contributed by atoms with Gasteiger partial charge in [0.05, 0.1) is 0 Å². The molecule has 1 saturated heterocycles. The second-order valence-electron chi connectivity index (χ2n) is 8.19. The number of anilines is 2. The van der Waals surface area contributed by atoms with Crippen molar-refractivity contribution >= 4 is 17.5 Å². The molecule has 1 aromatic carbocycles. The number of carbonyl (C=O) groups excluding carboxylic acids is 1. The van der Waals surface area contributed by atoms with Crippen molar-refractivity contribution in [2.24, 2.45) is 0 Å². The zero-order valence-electron chi connectivity index (χ0n) is 18.7. The molecule has 2 aliphatic heterocycles. The van der Waals surface area contributed by atoms with Crippen LogP contribution in [0.3, 0.4) is 0 Å². The second kappa shape index (κ2) is 9.74. The Morgan fingerprint density at radius 3 is 2.37 bits per heavy atom. The smallest absolute Gasteiger partial charge is 0.321 e. The van der Waals surface area contributed by atoms with Crippen LogP contribution in [0.2, 0.25) is 0 Å². The van der Waals surface area contributed by atoms with Crippen LogP contribution in [-0.4, -0.2) is 46.1 Å². The molecule has 2 unspecified atom stereocenters. The Hall–Kier alpha value is -2.89. The number of carbonyl (C=O) groups is 1. The fraction of sp³-hybridized carbons (Fsp3) is 0.458. The van der Waals surface area contributed by atoms with Crippen LogP contribution >= 0.6 is 0 Å². The highest BCUT2D eigenvalue weighted by Crippen LogP contribution is 2.26. The van der Waals surface area contributed by atoms with Crippen molar-refractivity contribution in [3.05, 3.63) is 59.6 Å². The van der Waals surface area contributed by atoms with E-state index < -0.39 is 0 Å². The lowest BCUT2D eigenvalue weighted by Gasteiger charge is -2.29. The van der Waals surface area contributed by atoms with Crippen molar-refractivity contribution in [2.45, 2.75) is 59.5 Å². The van der Waals surface area contributed by atoms with Crippen molar-refractivity contribution in [3.63, 3.8) is 0 Å². The van der Waals surface area contributed by atoms with Gasteiger partial charge in [0.2, 0.25) is 0 Å². The number of hydrogen-bond acceptors (Lipinski definition) is 4. The standard InChI is InChI=1S/C12H17N3.C12H16N2O/c1-8-7-13-11(4)14-12(8)15-9(2)5-6-10(15)3;1-10-5-4-6-11(9-10)13-12(15)14-7-2-3-8-14/h5-7,9-10H,1-4H3;4-6,9H,2-3,7-8H2,1H3,(H,13,15). The van der Waals surface area contributed by atoms with Crippen LogP contribution in [0.1, 0.15) is 43.6 Å². The molecule has 0 bridgehead atoms. The Morgan fingerprint density at radius 1 is 1.07 bits per heavy atom. The van der Waals surface area contributed by atoms with Gasteiger partial charge in [0, 0.05) is 42.6 Å². The number of likely N-dealkylation sites (tertiary alicyclic amines) is 1. The third-order valence-electron chi connectivity index (χ3n) is 5.52. The molecule has 4 rings (SSSR count). The number of amides is 2. The van der Waals surface area contributed by atoms with Crippen LogP contribution in [0.5, 0.6) is 0 Å². The minimum atomic E-state index is 0.0260. The van der Waals surface area contributed by atoms with E-state index in [1.165, 1.54) is 0 Å². The molecule has 1 aromatic heterocycles. The third-order valence-corrected chi connectivity index (χ3v) is 5.52. The monoisotopic (exact) mass is 407 g/mol. The summed E-state index contributed by atoms with van der Waals surface area (Å²) in [5, 5.41) is 2.91. The van der Waals surface area contributed by atoms with Crippen LogP contribution in [0.15, 0.2) is 42.6 Å². The highest BCUT2D eigenvalue weighted by Gasteiger charge is 2.24. The maximum absolute atomic E-state index is 11.7. The number of hydrogen-bond donors (Lipinski definition) is 1. The molecule has 1 N–H and O–H groups in total. The van der Waals surface area contributed by atoms with E-state index in [2.05, 4.69) is 53.1 Å². The summed E-state index contributed by atoms with van der Waals surface area (Å²) in [6, 6.07) is 8.74. The first-order valence-corrected chi connectivity index (χ1v) is 10.7. The molecule has 0 spiro atoms. The third kappa shape index (κ3) is 5.38. The van der Waals surface area contributed by atoms with E-state index >= 15 is 0 Å². The van der Waals surface area contributed by atoms with E-state index in [4.69, 9.17) is 0 Å². The molecule has 3 heterocycles. The summed E-state index contributed by atoms with van der Waals surface area (Å²) < 4.78 is 0. The Morgan fingerprint density at radius 2 is 1.73 bits per heavy atom. The van der Waals surface area contributed by atoms with Crippen molar-refractivity contribution < 1.29 is 4.79 Å². The summed E-state index contributed by atoms with van der Waals surface area (Å²) in [5.41, 5.74) is 3.18. The quantitative estimate of drug-likeness (QED) is 0.722. The first-order chi connectivity index (χ1) is 14.3. The number of aryl methyl sites for hydroxylation is 3. The molecular formula is C24H33N5O. The summed E-state index contributed by atoms with van der Waals surface area (Å²) in [5.74, 6) is 1.90. The number of nitrogens with zero attached hydrogens (tertiary/aromatic N) is 4. The van der Waals surface area contributed by atoms with Crippen LogP contribution in [-0.2, 0) is 0 Å². The van der Waals surface area contributed by atoms with Gasteiger partial charge in [-0.2, -0.15) is 0 Å². The van der Waals surface area contributed by atoms with Crippen LogP contribution in [0.4, 0.5) is 16.3 Å². The maximum Gasteiger partial charge on any atom is 0.321 e. The lowest BCUT2D eigenvalue weighted by atomic mass is 10.2. The highest BCUT2D eigenvalue weighted by atomic mass is 16.2. The van der Waals surface area contributed by atoms with Crippen LogP contribution in [0.25, 0.3) is 0 Å². The predicted octanol–water partition coefficient (Wildman–Crippen LogP) is 4.87. The summed E-state index contributed by atoms with van der Waals surface area (Å²) in [4.78, 5) is 24.7. The minimum Gasteiger partial charge on any atom is -0.344 e. The van der Waals surface area contributed by atoms with Crippen LogP contribution < -0.4 is 10.2 Å². The van der Waals surface area contributed by atoms with E-state index in [0.717, 1.165) is 54.4 Å². The molecule has 2 atom stereocenters. The number of rotatable bonds is 2. The molecule has 2 aromatic rings. The van der Waals surface area contributed by atoms with E-state index in [-0.39, 0.29) is 6.03 Å². The molecule has 0 saturated carbocycles. The van der Waals surface area contributed by atoms with Crippen molar-refractivity contribution in [1.82, 2.24) is 14.9 Å². The summed E-state index contributed by atoms with van der Waals surface area (Å²) >= 11 is 0. The SMILES string of the molecule is Cc1cccc(NC(=O)N2CCCC2)c1.Cc1ncc(C)c(N2C(C)C=CC2C)n1. The van der Waals surface area contributed by atoms with Gasteiger partial charge in [-0.15, -0.1) is 0 Å². The van der Waals surface area contributed by atoms with Gasteiger partial charge in [-0.05, 0) is 65.2 Å². The van der Waals surface area contributed by atoms with E-state index in [0.29, 0.717) is 12.1 Å². The van der Waals surface area contributed by atoms with Gasteiger partial charge in [0.25, 0.3) is 0 Å². The Kier molecular flexibility index (Phi) is 7.08. The van der Waals surface area contributed by atoms with E-state index in [1.54, 1.807) is 0 Å². The lowest BCUT2D eigenvalue weighted by Crippen LogP contribution is -2.35. The molecule has 6 heteroatoms. The molecule has 0 radical (unpaired) electrons. The molecule has 30 heavy (non-hydrogen) atoms. The normalized spacial score (nSPS) is 20.2. The van der Waals surface area contributed by atoms with Gasteiger partial charge < -0.3 is 15.1 Å². The number of aromatic nitrogens is 2. The summed E-state index contributed by atoms with van der Waals surface area (Å²) in [6.45, 7) is 12.2. The van der Waals surface area contributed by atoms with Gasteiger partial charge >= 0.3 is 6.03 Å². The zero-order chi connectivity index (χ0) is 21.7. The molecular weight excluding hydrogens is 374 g/mol. The van der Waals surface area contributed by atoms with Gasteiger partial charge in [0.1, 0.15) is 11.6 Å². The maximum atomic E-state index is 11.7. The van der Waals surface area contributed by atoms with Gasteiger partial charge in [-0.1, -0.05) is 24.3 Å². The van der Waals surface area contributed by atoms with E-state index in [9.17, 15) is 4.79 Å². The zero-order valence-corrected chi connectivity index (χ0v) is 18.7. The number of urea groups is 1. The second-order valence-corrected chi connectivity index (χ2v) is 8.19. The highest BCUT2D eigenvalue weighted by molar-refractivity contribution is 5.89. The minimum absolute atomic E-state index is 0.0260. The fourth-order valence-electron chi connectivity index (χ4n) is 3.89. The Labute approximate surface area is 180 Å². The topological polar surface area (TPSA) is 61.4 Å². The Balaban J connectivity index is 0.000000171. The fourth-order valence-corrected chi connectivity index (χ4v) is 3.89. The molecule has 6 nitrogen and oxygen atoms in total.